The monoisotopic (exact) mass is 465 g/mol. The molecule has 4 aromatic rings. The van der Waals surface area contributed by atoms with Gasteiger partial charge in [0.05, 0.1) is 28.7 Å². The number of fused-ring (bicyclic) bond motifs is 1. The molecule has 1 aromatic carbocycles. The second kappa shape index (κ2) is 9.27. The van der Waals surface area contributed by atoms with E-state index >= 15 is 0 Å². The second-order valence-electron chi connectivity index (χ2n) is 6.66. The standard InChI is InChI=1S/C21H18F3N3O2S2/c1-13-18(25-7-6-19(13)30-10-15-3-2-8-28-15)11-31-20-26-16-5-4-14(9-17(16)27-20)29-12-21(22,23)24/h2-9H,10-12H2,1H3,(H,26,27). The fraction of sp³-hybridized carbons (Fsp3) is 0.238. The molecule has 0 amide bonds. The number of rotatable bonds is 8. The number of ether oxygens (including phenoxy) is 1. The summed E-state index contributed by atoms with van der Waals surface area (Å²) in [5.74, 6) is 2.41. The molecule has 162 valence electrons. The molecule has 3 heterocycles. The van der Waals surface area contributed by atoms with Crippen molar-refractivity contribution in [3.05, 3.63) is 65.9 Å². The lowest BCUT2D eigenvalue weighted by atomic mass is 10.2. The number of furan rings is 1. The van der Waals surface area contributed by atoms with Gasteiger partial charge in [0.2, 0.25) is 0 Å². The summed E-state index contributed by atoms with van der Waals surface area (Å²) in [4.78, 5) is 13.2. The molecular formula is C21H18F3N3O2S2. The second-order valence-corrected chi connectivity index (χ2v) is 8.64. The first-order chi connectivity index (χ1) is 14.9. The van der Waals surface area contributed by atoms with Crippen molar-refractivity contribution in [1.29, 1.82) is 0 Å². The minimum Gasteiger partial charge on any atom is -0.484 e. The summed E-state index contributed by atoms with van der Waals surface area (Å²) in [6.45, 7) is 0.712. The van der Waals surface area contributed by atoms with Gasteiger partial charge in [-0.05, 0) is 42.8 Å². The maximum atomic E-state index is 12.3. The van der Waals surface area contributed by atoms with Crippen molar-refractivity contribution in [3.63, 3.8) is 0 Å². The molecular weight excluding hydrogens is 447 g/mol. The van der Waals surface area contributed by atoms with Crippen LogP contribution in [0.25, 0.3) is 11.0 Å². The molecule has 0 atom stereocenters. The first-order valence-electron chi connectivity index (χ1n) is 9.29. The van der Waals surface area contributed by atoms with Crippen molar-refractivity contribution in [3.8, 4) is 5.75 Å². The molecule has 31 heavy (non-hydrogen) atoms. The van der Waals surface area contributed by atoms with E-state index in [0.29, 0.717) is 21.9 Å². The largest absolute Gasteiger partial charge is 0.484 e. The number of benzene rings is 1. The Bertz CT molecular complexity index is 1160. The first-order valence-corrected chi connectivity index (χ1v) is 11.3. The van der Waals surface area contributed by atoms with Gasteiger partial charge in [0, 0.05) is 22.9 Å². The molecule has 0 fully saturated rings. The van der Waals surface area contributed by atoms with Gasteiger partial charge >= 0.3 is 6.18 Å². The molecule has 0 spiro atoms. The number of halogens is 3. The topological polar surface area (TPSA) is 63.9 Å². The van der Waals surface area contributed by atoms with Gasteiger partial charge in [-0.2, -0.15) is 13.2 Å². The number of hydrogen-bond donors (Lipinski definition) is 1. The van der Waals surface area contributed by atoms with Gasteiger partial charge < -0.3 is 14.1 Å². The summed E-state index contributed by atoms with van der Waals surface area (Å²) in [6, 6.07) is 10.4. The Labute approximate surface area is 184 Å². The molecule has 0 aliphatic carbocycles. The average Bonchev–Trinajstić information content (AvgIpc) is 3.39. The van der Waals surface area contributed by atoms with Crippen LogP contribution < -0.4 is 4.74 Å². The average molecular weight is 466 g/mol. The lowest BCUT2D eigenvalue weighted by molar-refractivity contribution is -0.153. The molecule has 0 saturated heterocycles. The highest BCUT2D eigenvalue weighted by molar-refractivity contribution is 7.98. The Balaban J connectivity index is 1.41. The molecule has 0 unspecified atom stereocenters. The number of nitrogens with one attached hydrogen (secondary N) is 1. The van der Waals surface area contributed by atoms with Crippen LogP contribution in [-0.4, -0.2) is 27.7 Å². The lowest BCUT2D eigenvalue weighted by Gasteiger charge is -2.09. The van der Waals surface area contributed by atoms with Gasteiger partial charge in [-0.25, -0.2) is 4.98 Å². The van der Waals surface area contributed by atoms with Gasteiger partial charge in [0.15, 0.2) is 11.8 Å². The van der Waals surface area contributed by atoms with Crippen LogP contribution in [0.3, 0.4) is 0 Å². The first kappa shape index (κ1) is 21.6. The molecule has 5 nitrogen and oxygen atoms in total. The number of hydrogen-bond acceptors (Lipinski definition) is 6. The van der Waals surface area contributed by atoms with Crippen LogP contribution in [0.2, 0.25) is 0 Å². The van der Waals surface area contributed by atoms with Crippen LogP contribution in [-0.2, 0) is 11.5 Å². The molecule has 0 radical (unpaired) electrons. The van der Waals surface area contributed by atoms with Crippen molar-refractivity contribution >= 4 is 34.6 Å². The molecule has 0 aliphatic heterocycles. The Morgan fingerprint density at radius 3 is 2.77 bits per heavy atom. The van der Waals surface area contributed by atoms with Crippen molar-refractivity contribution in [2.45, 2.75) is 34.7 Å². The van der Waals surface area contributed by atoms with Crippen molar-refractivity contribution in [1.82, 2.24) is 15.0 Å². The van der Waals surface area contributed by atoms with E-state index < -0.39 is 12.8 Å². The molecule has 4 rings (SSSR count). The highest BCUT2D eigenvalue weighted by Gasteiger charge is 2.28. The normalized spacial score (nSPS) is 11.9. The summed E-state index contributed by atoms with van der Waals surface area (Å²) in [7, 11) is 0. The van der Waals surface area contributed by atoms with E-state index in [1.807, 2.05) is 25.1 Å². The maximum absolute atomic E-state index is 12.3. The van der Waals surface area contributed by atoms with Crippen LogP contribution in [0.5, 0.6) is 5.75 Å². The predicted molar refractivity (Wildman–Crippen MR) is 114 cm³/mol. The predicted octanol–water partition coefficient (Wildman–Crippen LogP) is 6.39. The maximum Gasteiger partial charge on any atom is 0.422 e. The molecule has 3 aromatic heterocycles. The number of imidazole rings is 1. The number of alkyl halides is 3. The third kappa shape index (κ3) is 5.76. The molecule has 0 saturated carbocycles. The van der Waals surface area contributed by atoms with Gasteiger partial charge in [-0.1, -0.05) is 11.8 Å². The Kier molecular flexibility index (Phi) is 6.47. The van der Waals surface area contributed by atoms with E-state index in [9.17, 15) is 13.2 Å². The van der Waals surface area contributed by atoms with Gasteiger partial charge in [-0.3, -0.25) is 4.98 Å². The van der Waals surface area contributed by atoms with Crippen LogP contribution in [0.15, 0.2) is 63.3 Å². The van der Waals surface area contributed by atoms with Crippen molar-refractivity contribution in [2.75, 3.05) is 6.61 Å². The SMILES string of the molecule is Cc1c(SCc2ccco2)ccnc1CSc1nc2ccc(OCC(F)(F)F)cc2[nH]1. The third-order valence-electron chi connectivity index (χ3n) is 4.39. The highest BCUT2D eigenvalue weighted by atomic mass is 32.2. The van der Waals surface area contributed by atoms with Crippen LogP contribution >= 0.6 is 23.5 Å². The summed E-state index contributed by atoms with van der Waals surface area (Å²) in [5, 5.41) is 0.665. The third-order valence-corrected chi connectivity index (χ3v) is 6.46. The Hall–Kier alpha value is -2.59. The summed E-state index contributed by atoms with van der Waals surface area (Å²) >= 11 is 3.18. The summed E-state index contributed by atoms with van der Waals surface area (Å²) < 4.78 is 47.2. The zero-order chi connectivity index (χ0) is 21.8. The number of thioether (sulfide) groups is 2. The van der Waals surface area contributed by atoms with Crippen LogP contribution in [0, 0.1) is 6.92 Å². The minimum absolute atomic E-state index is 0.142. The van der Waals surface area contributed by atoms with Gasteiger partial charge in [0.1, 0.15) is 11.5 Å². The molecule has 1 N–H and O–H groups in total. The summed E-state index contributed by atoms with van der Waals surface area (Å²) in [5.41, 5.74) is 3.33. The van der Waals surface area contributed by atoms with Crippen LogP contribution in [0.1, 0.15) is 17.0 Å². The van der Waals surface area contributed by atoms with E-state index in [-0.39, 0.29) is 5.75 Å². The fourth-order valence-corrected chi connectivity index (χ4v) is 4.69. The van der Waals surface area contributed by atoms with E-state index in [0.717, 1.165) is 27.7 Å². The lowest BCUT2D eigenvalue weighted by Crippen LogP contribution is -2.19. The fourth-order valence-electron chi connectivity index (χ4n) is 2.83. The zero-order valence-electron chi connectivity index (χ0n) is 16.4. The number of H-pyrrole nitrogens is 1. The van der Waals surface area contributed by atoms with Gasteiger partial charge in [0.25, 0.3) is 0 Å². The smallest absolute Gasteiger partial charge is 0.422 e. The summed E-state index contributed by atoms with van der Waals surface area (Å²) in [6.07, 6.45) is -0.925. The zero-order valence-corrected chi connectivity index (χ0v) is 18.0. The number of aromatic amines is 1. The number of nitrogens with zero attached hydrogens (tertiary/aromatic N) is 2. The molecule has 0 aliphatic rings. The Morgan fingerprint density at radius 1 is 1.13 bits per heavy atom. The van der Waals surface area contributed by atoms with E-state index in [1.165, 1.54) is 23.9 Å². The van der Waals surface area contributed by atoms with Crippen molar-refractivity contribution < 1.29 is 22.3 Å². The Morgan fingerprint density at radius 2 is 2.00 bits per heavy atom. The van der Waals surface area contributed by atoms with E-state index in [4.69, 9.17) is 9.15 Å². The highest BCUT2D eigenvalue weighted by Crippen LogP contribution is 2.31. The quantitative estimate of drug-likeness (QED) is 0.305. The number of pyridine rings is 1. The van der Waals surface area contributed by atoms with E-state index in [1.54, 1.807) is 30.3 Å². The molecule has 10 heteroatoms. The van der Waals surface area contributed by atoms with Gasteiger partial charge in [-0.15, -0.1) is 11.8 Å². The van der Waals surface area contributed by atoms with E-state index in [2.05, 4.69) is 15.0 Å². The van der Waals surface area contributed by atoms with Crippen LogP contribution in [0.4, 0.5) is 13.2 Å². The number of aromatic nitrogens is 3. The minimum atomic E-state index is -4.38. The van der Waals surface area contributed by atoms with Crippen molar-refractivity contribution in [2.24, 2.45) is 0 Å². The molecule has 0 bridgehead atoms.